The van der Waals surface area contributed by atoms with Gasteiger partial charge in [0.1, 0.15) is 6.10 Å². The van der Waals surface area contributed by atoms with Crippen molar-refractivity contribution in [2.24, 2.45) is 0 Å². The summed E-state index contributed by atoms with van der Waals surface area (Å²) in [6, 6.07) is 6.51. The molecule has 3 rings (SSSR count). The molecule has 0 bridgehead atoms. The highest BCUT2D eigenvalue weighted by Gasteiger charge is 2.51. The van der Waals surface area contributed by atoms with Crippen molar-refractivity contribution in [1.82, 2.24) is 10.2 Å². The Kier molecular flexibility index (Phi) is 5.16. The molecule has 1 spiro atoms. The first-order chi connectivity index (χ1) is 12.2. The number of amides is 1. The average molecular weight is 391 g/mol. The summed E-state index contributed by atoms with van der Waals surface area (Å²) in [7, 11) is 0. The van der Waals surface area contributed by atoms with Crippen molar-refractivity contribution < 1.29 is 27.5 Å². The molecular formula is C17H18ClF3N2O3. The fourth-order valence-corrected chi connectivity index (χ4v) is 3.87. The Morgan fingerprint density at radius 3 is 2.81 bits per heavy atom. The van der Waals surface area contributed by atoms with Crippen LogP contribution in [0.25, 0.3) is 0 Å². The van der Waals surface area contributed by atoms with Gasteiger partial charge in [0.2, 0.25) is 0 Å². The topological polar surface area (TPSA) is 58.6 Å². The van der Waals surface area contributed by atoms with E-state index in [1.54, 1.807) is 29.2 Å². The van der Waals surface area contributed by atoms with Gasteiger partial charge in [0.05, 0.1) is 5.54 Å². The molecule has 1 aromatic rings. The number of piperazine rings is 1. The first-order valence-corrected chi connectivity index (χ1v) is 8.67. The van der Waals surface area contributed by atoms with E-state index in [0.717, 1.165) is 0 Å². The molecular weight excluding hydrogens is 373 g/mol. The maximum Gasteiger partial charge on any atom is 0.490 e. The van der Waals surface area contributed by atoms with Gasteiger partial charge in [-0.05, 0) is 37.5 Å². The van der Waals surface area contributed by atoms with Crippen LogP contribution in [-0.2, 0) is 9.53 Å². The van der Waals surface area contributed by atoms with Crippen LogP contribution in [0.4, 0.5) is 13.2 Å². The molecule has 5 nitrogen and oxygen atoms in total. The third-order valence-electron chi connectivity index (χ3n) is 4.88. The Balaban J connectivity index is 1.76. The van der Waals surface area contributed by atoms with Crippen molar-refractivity contribution in [1.29, 1.82) is 0 Å². The highest BCUT2D eigenvalue weighted by molar-refractivity contribution is 6.30. The van der Waals surface area contributed by atoms with Crippen LogP contribution < -0.4 is 5.32 Å². The molecule has 1 saturated carbocycles. The van der Waals surface area contributed by atoms with E-state index in [1.807, 2.05) is 0 Å². The Labute approximate surface area is 153 Å². The van der Waals surface area contributed by atoms with Crippen LogP contribution in [0.3, 0.4) is 0 Å². The quantitative estimate of drug-likeness (QED) is 0.789. The molecule has 1 aliphatic heterocycles. The smallest absolute Gasteiger partial charge is 0.454 e. The van der Waals surface area contributed by atoms with Crippen LogP contribution in [0.2, 0.25) is 5.02 Å². The number of benzene rings is 1. The van der Waals surface area contributed by atoms with E-state index in [9.17, 15) is 22.8 Å². The van der Waals surface area contributed by atoms with Crippen molar-refractivity contribution in [3.8, 4) is 0 Å². The summed E-state index contributed by atoms with van der Waals surface area (Å²) in [6.45, 7) is 0.994. The zero-order chi connectivity index (χ0) is 18.9. The van der Waals surface area contributed by atoms with E-state index in [4.69, 9.17) is 16.3 Å². The van der Waals surface area contributed by atoms with Gasteiger partial charge in [-0.15, -0.1) is 0 Å². The molecule has 9 heteroatoms. The highest BCUT2D eigenvalue weighted by Crippen LogP contribution is 2.36. The maximum atomic E-state index is 12.7. The minimum Gasteiger partial charge on any atom is -0.454 e. The summed E-state index contributed by atoms with van der Waals surface area (Å²) in [5.74, 6) is -2.44. The number of hydrogen-bond donors (Lipinski definition) is 1. The van der Waals surface area contributed by atoms with E-state index < -0.39 is 23.8 Å². The molecule has 2 fully saturated rings. The molecule has 1 N–H and O–H groups in total. The zero-order valence-corrected chi connectivity index (χ0v) is 14.6. The summed E-state index contributed by atoms with van der Waals surface area (Å²) < 4.78 is 42.4. The lowest BCUT2D eigenvalue weighted by Crippen LogP contribution is -2.65. The van der Waals surface area contributed by atoms with Crippen LogP contribution in [0.15, 0.2) is 24.3 Å². The van der Waals surface area contributed by atoms with Crippen molar-refractivity contribution in [3.05, 3.63) is 34.9 Å². The van der Waals surface area contributed by atoms with Gasteiger partial charge in [0, 0.05) is 30.2 Å². The number of rotatable bonds is 2. The number of carbonyl (C=O) groups is 2. The second-order valence-electron chi connectivity index (χ2n) is 6.60. The zero-order valence-electron chi connectivity index (χ0n) is 13.8. The summed E-state index contributed by atoms with van der Waals surface area (Å²) in [4.78, 5) is 25.6. The van der Waals surface area contributed by atoms with E-state index in [0.29, 0.717) is 42.9 Å². The van der Waals surface area contributed by atoms with Crippen LogP contribution in [-0.4, -0.2) is 54.2 Å². The van der Waals surface area contributed by atoms with Gasteiger partial charge in [0.25, 0.3) is 5.91 Å². The minimum absolute atomic E-state index is 0.175. The Hall–Kier alpha value is -1.80. The second kappa shape index (κ2) is 7.08. The molecule has 1 heterocycles. The lowest BCUT2D eigenvalue weighted by Gasteiger charge is -2.44. The Morgan fingerprint density at radius 1 is 1.35 bits per heavy atom. The fourth-order valence-electron chi connectivity index (χ4n) is 3.68. The SMILES string of the molecule is O=C(c1cccc(Cl)c1)N1CCNC2(CCCC2OC(=O)C(F)(F)F)C1. The molecule has 1 saturated heterocycles. The van der Waals surface area contributed by atoms with Crippen molar-refractivity contribution in [2.75, 3.05) is 19.6 Å². The number of carbonyl (C=O) groups excluding carboxylic acids is 2. The van der Waals surface area contributed by atoms with E-state index >= 15 is 0 Å². The molecule has 0 radical (unpaired) electrons. The normalized spacial score (nSPS) is 26.2. The average Bonchev–Trinajstić information content (AvgIpc) is 2.95. The number of nitrogens with one attached hydrogen (secondary N) is 1. The summed E-state index contributed by atoms with van der Waals surface area (Å²) >= 11 is 5.92. The molecule has 1 amide bonds. The van der Waals surface area contributed by atoms with Gasteiger partial charge in [0.15, 0.2) is 0 Å². The fraction of sp³-hybridized carbons (Fsp3) is 0.529. The molecule has 1 aromatic carbocycles. The minimum atomic E-state index is -5.03. The second-order valence-corrected chi connectivity index (χ2v) is 7.04. The lowest BCUT2D eigenvalue weighted by molar-refractivity contribution is -0.208. The van der Waals surface area contributed by atoms with Gasteiger partial charge >= 0.3 is 12.1 Å². The number of esters is 1. The summed E-state index contributed by atoms with van der Waals surface area (Å²) in [6.07, 6.45) is -4.49. The van der Waals surface area contributed by atoms with Crippen molar-refractivity contribution >= 4 is 23.5 Å². The van der Waals surface area contributed by atoms with Gasteiger partial charge in [-0.1, -0.05) is 17.7 Å². The largest absolute Gasteiger partial charge is 0.490 e. The first-order valence-electron chi connectivity index (χ1n) is 8.29. The predicted octanol–water partition coefficient (Wildman–Crippen LogP) is 2.78. The van der Waals surface area contributed by atoms with Gasteiger partial charge in [-0.3, -0.25) is 4.79 Å². The van der Waals surface area contributed by atoms with E-state index in [1.165, 1.54) is 0 Å². The first kappa shape index (κ1) is 19.0. The molecule has 2 aliphatic rings. The van der Waals surface area contributed by atoms with Crippen molar-refractivity contribution in [3.63, 3.8) is 0 Å². The maximum absolute atomic E-state index is 12.7. The van der Waals surface area contributed by atoms with Crippen LogP contribution >= 0.6 is 11.6 Å². The number of ether oxygens (including phenoxy) is 1. The van der Waals surface area contributed by atoms with Gasteiger partial charge in [-0.2, -0.15) is 13.2 Å². The standard InChI is InChI=1S/C17H18ClF3N2O3/c18-12-4-1-3-11(9-12)14(24)23-8-7-22-16(10-23)6-2-5-13(16)26-15(25)17(19,20)21/h1,3-4,9,13,22H,2,5-8,10H2. The van der Waals surface area contributed by atoms with Crippen LogP contribution in [0.5, 0.6) is 0 Å². The summed E-state index contributed by atoms with van der Waals surface area (Å²) in [5, 5.41) is 3.61. The van der Waals surface area contributed by atoms with Crippen LogP contribution in [0.1, 0.15) is 29.6 Å². The molecule has 2 unspecified atom stereocenters. The summed E-state index contributed by atoms with van der Waals surface area (Å²) in [5.41, 5.74) is -0.440. The number of hydrogen-bond acceptors (Lipinski definition) is 4. The number of halogens is 4. The van der Waals surface area contributed by atoms with Gasteiger partial charge < -0.3 is 15.0 Å². The molecule has 1 aliphatic carbocycles. The van der Waals surface area contributed by atoms with E-state index in [-0.39, 0.29) is 12.5 Å². The molecule has 142 valence electrons. The number of nitrogens with zero attached hydrogens (tertiary/aromatic N) is 1. The molecule has 26 heavy (non-hydrogen) atoms. The monoisotopic (exact) mass is 390 g/mol. The Morgan fingerprint density at radius 2 is 2.12 bits per heavy atom. The third kappa shape index (κ3) is 3.81. The highest BCUT2D eigenvalue weighted by atomic mass is 35.5. The van der Waals surface area contributed by atoms with Crippen molar-refractivity contribution in [2.45, 2.75) is 37.1 Å². The van der Waals surface area contributed by atoms with Gasteiger partial charge in [-0.25, -0.2) is 4.79 Å². The van der Waals surface area contributed by atoms with Crippen LogP contribution in [0, 0.1) is 0 Å². The molecule has 0 aromatic heterocycles. The van der Waals surface area contributed by atoms with E-state index in [2.05, 4.69) is 5.32 Å². The molecule has 2 atom stereocenters. The third-order valence-corrected chi connectivity index (χ3v) is 5.11. The Bertz CT molecular complexity index is 713. The lowest BCUT2D eigenvalue weighted by atomic mass is 9.91. The number of alkyl halides is 3. The predicted molar refractivity (Wildman–Crippen MR) is 87.9 cm³/mol.